The maximum atomic E-state index is 12.0. The summed E-state index contributed by atoms with van der Waals surface area (Å²) < 4.78 is 5.72. The highest BCUT2D eigenvalue weighted by Crippen LogP contribution is 2.77. The molecular weight excluding hydrogens is 498 g/mol. The van der Waals surface area contributed by atoms with E-state index in [0.717, 1.165) is 36.8 Å². The number of allylic oxidation sites excluding steroid dienone is 1. The number of hydrogen-bond acceptors (Lipinski definition) is 5. The van der Waals surface area contributed by atoms with E-state index in [1.54, 1.807) is 0 Å². The van der Waals surface area contributed by atoms with Gasteiger partial charge in [0.25, 0.3) is 0 Å². The van der Waals surface area contributed by atoms with Crippen molar-refractivity contribution >= 4 is 17.7 Å². The summed E-state index contributed by atoms with van der Waals surface area (Å²) in [7, 11) is 0. The molecule has 10 atom stereocenters. The maximum Gasteiger partial charge on any atom is 0.331 e. The minimum atomic E-state index is -0.437. The monoisotopic (exact) mass is 553 g/mol. The zero-order chi connectivity index (χ0) is 29.3. The first-order chi connectivity index (χ1) is 18.7. The Morgan fingerprint density at radius 3 is 2.23 bits per heavy atom. The molecule has 0 spiro atoms. The molecule has 5 heteroatoms. The van der Waals surface area contributed by atoms with Crippen LogP contribution in [0.2, 0.25) is 0 Å². The fourth-order valence-electron chi connectivity index (χ4n) is 12.2. The Hall–Kier alpha value is -1.65. The first kappa shape index (κ1) is 29.8. The molecular formula is C35H55NO4. The highest BCUT2D eigenvalue weighted by molar-refractivity contribution is 5.91. The van der Waals surface area contributed by atoms with E-state index in [1.165, 1.54) is 70.8 Å². The SMILES string of the molecule is C=C(C)[C@@H]1CC[C@]2(CC)CC[C@]3(C)[C@H](CC[C@@H]4[C@@]5(C)CC/C(=N/OC(C)=O)[C@@](C)(COC(C)=O)[C@@H]5CC[C@]43C)[C@@H]12. The van der Waals surface area contributed by atoms with Crippen LogP contribution in [0.25, 0.3) is 0 Å². The number of oxime groups is 1. The number of fused-ring (bicyclic) bond motifs is 7. The van der Waals surface area contributed by atoms with Crippen molar-refractivity contribution in [3.63, 3.8) is 0 Å². The van der Waals surface area contributed by atoms with Gasteiger partial charge in [-0.05, 0) is 122 Å². The topological polar surface area (TPSA) is 65.0 Å². The van der Waals surface area contributed by atoms with Crippen molar-refractivity contribution in [2.24, 2.45) is 61.8 Å². The second-order valence-corrected chi connectivity index (χ2v) is 15.7. The summed E-state index contributed by atoms with van der Waals surface area (Å²) in [6.07, 6.45) is 13.5. The third kappa shape index (κ3) is 4.09. The van der Waals surface area contributed by atoms with Crippen LogP contribution in [0, 0.1) is 56.7 Å². The van der Waals surface area contributed by atoms with Crippen molar-refractivity contribution in [2.75, 3.05) is 6.61 Å². The van der Waals surface area contributed by atoms with E-state index < -0.39 is 11.4 Å². The van der Waals surface area contributed by atoms with Crippen LogP contribution in [-0.2, 0) is 19.2 Å². The molecule has 0 aromatic carbocycles. The Morgan fingerprint density at radius 2 is 1.60 bits per heavy atom. The summed E-state index contributed by atoms with van der Waals surface area (Å²) >= 11 is 0. The lowest BCUT2D eigenvalue weighted by atomic mass is 9.32. The van der Waals surface area contributed by atoms with E-state index >= 15 is 0 Å². The predicted molar refractivity (Wildman–Crippen MR) is 159 cm³/mol. The average Bonchev–Trinajstić information content (AvgIpc) is 3.28. The minimum Gasteiger partial charge on any atom is -0.465 e. The molecule has 0 heterocycles. The van der Waals surface area contributed by atoms with Crippen LogP contribution in [0.3, 0.4) is 0 Å². The Balaban J connectivity index is 1.52. The molecule has 5 aliphatic carbocycles. The normalized spacial score (nSPS) is 48.8. The molecule has 0 radical (unpaired) electrons. The van der Waals surface area contributed by atoms with E-state index in [-0.39, 0.29) is 16.8 Å². The number of carbonyl (C=O) groups excluding carboxylic acids is 2. The number of rotatable bonds is 5. The van der Waals surface area contributed by atoms with Crippen molar-refractivity contribution in [2.45, 2.75) is 126 Å². The molecule has 0 unspecified atom stereocenters. The molecule has 5 aliphatic rings. The summed E-state index contributed by atoms with van der Waals surface area (Å²) in [4.78, 5) is 28.9. The van der Waals surface area contributed by atoms with E-state index in [0.29, 0.717) is 35.2 Å². The smallest absolute Gasteiger partial charge is 0.331 e. The summed E-state index contributed by atoms with van der Waals surface area (Å²) in [5, 5.41) is 4.38. The molecule has 224 valence electrons. The Bertz CT molecular complexity index is 1100. The van der Waals surface area contributed by atoms with E-state index in [2.05, 4.69) is 53.3 Å². The van der Waals surface area contributed by atoms with E-state index in [1.807, 2.05) is 0 Å². The predicted octanol–water partition coefficient (Wildman–Crippen LogP) is 8.52. The van der Waals surface area contributed by atoms with Crippen molar-refractivity contribution in [1.29, 1.82) is 0 Å². The van der Waals surface area contributed by atoms with Crippen LogP contribution in [0.1, 0.15) is 126 Å². The van der Waals surface area contributed by atoms with Crippen molar-refractivity contribution < 1.29 is 19.2 Å². The summed E-state index contributed by atoms with van der Waals surface area (Å²) in [5.41, 5.74) is 3.09. The van der Waals surface area contributed by atoms with Crippen molar-refractivity contribution in [3.05, 3.63) is 12.2 Å². The molecule has 5 nitrogen and oxygen atoms in total. The molecule has 40 heavy (non-hydrogen) atoms. The number of hydrogen-bond donors (Lipinski definition) is 0. The van der Waals surface area contributed by atoms with Gasteiger partial charge in [0.2, 0.25) is 0 Å². The Kier molecular flexibility index (Phi) is 7.44. The molecule has 0 saturated heterocycles. The Labute approximate surface area is 243 Å². The van der Waals surface area contributed by atoms with Crippen LogP contribution in [0.5, 0.6) is 0 Å². The van der Waals surface area contributed by atoms with Crippen molar-refractivity contribution in [1.82, 2.24) is 0 Å². The van der Waals surface area contributed by atoms with Gasteiger partial charge in [-0.25, -0.2) is 4.79 Å². The summed E-state index contributed by atoms with van der Waals surface area (Å²) in [6, 6.07) is 0. The molecule has 0 N–H and O–H groups in total. The zero-order valence-electron chi connectivity index (χ0n) is 26.7. The van der Waals surface area contributed by atoms with Gasteiger partial charge >= 0.3 is 11.9 Å². The van der Waals surface area contributed by atoms with Gasteiger partial charge in [-0.2, -0.15) is 0 Å². The van der Waals surface area contributed by atoms with Gasteiger partial charge in [0.1, 0.15) is 6.61 Å². The zero-order valence-corrected chi connectivity index (χ0v) is 26.7. The number of esters is 1. The molecule has 0 aromatic heterocycles. The third-order valence-corrected chi connectivity index (χ3v) is 14.4. The fraction of sp³-hybridized carbons (Fsp3) is 0.857. The van der Waals surface area contributed by atoms with Gasteiger partial charge in [-0.3, -0.25) is 4.79 Å². The molecule has 5 fully saturated rings. The van der Waals surface area contributed by atoms with Crippen LogP contribution in [0.4, 0.5) is 0 Å². The largest absolute Gasteiger partial charge is 0.465 e. The highest BCUT2D eigenvalue weighted by Gasteiger charge is 2.71. The molecule has 5 rings (SSSR count). The number of nitrogens with zero attached hydrogens (tertiary/aromatic N) is 1. The first-order valence-corrected chi connectivity index (χ1v) is 16.2. The fourth-order valence-corrected chi connectivity index (χ4v) is 12.2. The number of carbonyl (C=O) groups is 2. The highest BCUT2D eigenvalue weighted by atomic mass is 16.7. The van der Waals surface area contributed by atoms with Gasteiger partial charge in [-0.15, -0.1) is 0 Å². The second kappa shape index (κ2) is 9.97. The molecule has 0 aliphatic heterocycles. The van der Waals surface area contributed by atoms with Crippen LogP contribution in [-0.4, -0.2) is 24.3 Å². The maximum absolute atomic E-state index is 12.0. The third-order valence-electron chi connectivity index (χ3n) is 14.4. The molecule has 0 aromatic rings. The Morgan fingerprint density at radius 1 is 0.875 bits per heavy atom. The first-order valence-electron chi connectivity index (χ1n) is 16.2. The number of ether oxygens (including phenoxy) is 1. The lowest BCUT2D eigenvalue weighted by molar-refractivity contribution is -0.231. The van der Waals surface area contributed by atoms with Gasteiger partial charge in [0.15, 0.2) is 0 Å². The summed E-state index contributed by atoms with van der Waals surface area (Å²) in [5.74, 6) is 2.50. The summed E-state index contributed by atoms with van der Waals surface area (Å²) in [6.45, 7) is 22.6. The molecule has 5 saturated carbocycles. The van der Waals surface area contributed by atoms with Crippen LogP contribution < -0.4 is 0 Å². The second-order valence-electron chi connectivity index (χ2n) is 15.7. The standard InChI is InChI=1S/C35H55NO4/c1-10-35-18-13-25(22(2)3)30(35)26-11-12-28-31(6)16-15-29(36-40-24(5)38)32(7,21-39-23(4)37)27(31)14-17-34(28,9)33(26,8)19-20-35/h25-28,30H,2,10-21H2,1,3-9H3/b36-29-/t25-,26+,27+,28+,30+,31-,32-,33+,34+,35+/m0/s1. The van der Waals surface area contributed by atoms with Gasteiger partial charge < -0.3 is 9.57 Å². The molecule has 0 bridgehead atoms. The van der Waals surface area contributed by atoms with Gasteiger partial charge in [0, 0.05) is 19.3 Å². The average molecular weight is 554 g/mol. The van der Waals surface area contributed by atoms with Gasteiger partial charge in [0.05, 0.1) is 5.71 Å². The lowest BCUT2D eigenvalue weighted by Crippen LogP contribution is -2.67. The molecule has 0 amide bonds. The lowest BCUT2D eigenvalue weighted by Gasteiger charge is -2.72. The van der Waals surface area contributed by atoms with E-state index in [4.69, 9.17) is 9.57 Å². The minimum absolute atomic E-state index is 0.119. The van der Waals surface area contributed by atoms with Crippen LogP contribution >= 0.6 is 0 Å². The van der Waals surface area contributed by atoms with Gasteiger partial charge in [-0.1, -0.05) is 58.3 Å². The van der Waals surface area contributed by atoms with Crippen molar-refractivity contribution in [3.8, 4) is 0 Å². The van der Waals surface area contributed by atoms with Crippen LogP contribution in [0.15, 0.2) is 17.3 Å². The van der Waals surface area contributed by atoms with E-state index in [9.17, 15) is 9.59 Å². The quantitative estimate of drug-likeness (QED) is 0.148.